The summed E-state index contributed by atoms with van der Waals surface area (Å²) in [5.41, 5.74) is 0.538. The predicted molar refractivity (Wildman–Crippen MR) is 90.1 cm³/mol. The lowest BCUT2D eigenvalue weighted by molar-refractivity contribution is 0.0792. The maximum Gasteiger partial charge on any atom is 0.255 e. The van der Waals surface area contributed by atoms with Crippen molar-refractivity contribution in [3.63, 3.8) is 0 Å². The molecule has 128 valence electrons. The van der Waals surface area contributed by atoms with Crippen molar-refractivity contribution in [3.05, 3.63) is 41.7 Å². The molecule has 7 heteroatoms. The maximum absolute atomic E-state index is 12.4. The van der Waals surface area contributed by atoms with E-state index in [4.69, 9.17) is 4.42 Å². The van der Waals surface area contributed by atoms with Gasteiger partial charge in [0.1, 0.15) is 16.5 Å². The topological polar surface area (TPSA) is 76.3 Å². The number of hydrogen-bond donors (Lipinski definition) is 0. The van der Waals surface area contributed by atoms with Crippen LogP contribution < -0.4 is 0 Å². The molecule has 0 saturated carbocycles. The van der Waals surface area contributed by atoms with Crippen LogP contribution in [-0.2, 0) is 16.6 Å². The monoisotopic (exact) mass is 347 g/mol. The van der Waals surface area contributed by atoms with Gasteiger partial charge in [-0.3, -0.25) is 9.00 Å². The van der Waals surface area contributed by atoms with Crippen LogP contribution in [0.3, 0.4) is 0 Å². The van der Waals surface area contributed by atoms with Crippen LogP contribution in [0.1, 0.15) is 54.6 Å². The zero-order valence-electron chi connectivity index (χ0n) is 13.9. The number of amides is 1. The number of carbonyl (C=O) groups is 1. The maximum atomic E-state index is 12.4. The summed E-state index contributed by atoms with van der Waals surface area (Å²) in [7, 11) is -1.35. The van der Waals surface area contributed by atoms with E-state index in [0.29, 0.717) is 16.5 Å². The van der Waals surface area contributed by atoms with Gasteiger partial charge >= 0.3 is 0 Å². The molecule has 0 bridgehead atoms. The molecule has 1 unspecified atom stereocenters. The largest absolute Gasteiger partial charge is 0.444 e. The van der Waals surface area contributed by atoms with Crippen LogP contribution in [0.25, 0.3) is 0 Å². The molecular formula is C17H21N3O3S. The lowest BCUT2D eigenvalue weighted by atomic mass is 10.2. The molecule has 0 aromatic carbocycles. The van der Waals surface area contributed by atoms with Gasteiger partial charge in [-0.05, 0) is 25.0 Å². The van der Waals surface area contributed by atoms with Crippen LogP contribution in [0.2, 0.25) is 0 Å². The first-order valence-corrected chi connectivity index (χ1v) is 9.45. The first kappa shape index (κ1) is 16.8. The third-order valence-corrected chi connectivity index (χ3v) is 5.22. The number of hydrogen-bond acceptors (Lipinski definition) is 5. The van der Waals surface area contributed by atoms with Crippen LogP contribution in [-0.4, -0.2) is 38.1 Å². The highest BCUT2D eigenvalue weighted by Gasteiger charge is 2.20. The molecule has 1 atom stereocenters. The Morgan fingerprint density at radius 2 is 2.00 bits per heavy atom. The summed E-state index contributed by atoms with van der Waals surface area (Å²) in [6.07, 6.45) is 5.27. The van der Waals surface area contributed by atoms with Crippen molar-refractivity contribution in [2.45, 2.75) is 43.4 Å². The smallest absolute Gasteiger partial charge is 0.255 e. The highest BCUT2D eigenvalue weighted by molar-refractivity contribution is 7.84. The summed E-state index contributed by atoms with van der Waals surface area (Å²) in [5.74, 6) is 1.64. The summed E-state index contributed by atoms with van der Waals surface area (Å²) in [5, 5.41) is 0.428. The van der Waals surface area contributed by atoms with E-state index in [1.54, 1.807) is 18.3 Å². The molecule has 3 rings (SSSR count). The molecule has 1 amide bonds. The number of pyridine rings is 1. The van der Waals surface area contributed by atoms with Crippen molar-refractivity contribution < 1.29 is 13.4 Å². The molecule has 2 aromatic rings. The zero-order valence-corrected chi connectivity index (χ0v) is 14.7. The van der Waals surface area contributed by atoms with E-state index in [1.807, 2.05) is 18.7 Å². The number of likely N-dealkylation sites (tertiary alicyclic amines) is 1. The second-order valence-corrected chi connectivity index (χ2v) is 7.58. The predicted octanol–water partition coefficient (Wildman–Crippen LogP) is 2.74. The molecule has 24 heavy (non-hydrogen) atoms. The van der Waals surface area contributed by atoms with Crippen LogP contribution in [0.15, 0.2) is 34.0 Å². The lowest BCUT2D eigenvalue weighted by Crippen LogP contribution is -2.27. The number of rotatable bonds is 5. The average molecular weight is 347 g/mol. The van der Waals surface area contributed by atoms with Gasteiger partial charge in [-0.15, -0.1) is 0 Å². The summed E-state index contributed by atoms with van der Waals surface area (Å²) >= 11 is 0. The summed E-state index contributed by atoms with van der Waals surface area (Å²) in [6.45, 7) is 5.63. The van der Waals surface area contributed by atoms with Crippen molar-refractivity contribution in [2.75, 3.05) is 13.1 Å². The molecule has 0 spiro atoms. The van der Waals surface area contributed by atoms with Crippen molar-refractivity contribution in [3.8, 4) is 0 Å². The molecule has 0 N–H and O–H groups in total. The molecule has 0 aliphatic carbocycles. The Morgan fingerprint density at radius 3 is 2.58 bits per heavy atom. The van der Waals surface area contributed by atoms with Crippen molar-refractivity contribution >= 4 is 16.7 Å². The zero-order chi connectivity index (χ0) is 17.1. The van der Waals surface area contributed by atoms with Crippen LogP contribution >= 0.6 is 0 Å². The second kappa shape index (κ2) is 7.25. The molecule has 0 radical (unpaired) electrons. The third-order valence-electron chi connectivity index (χ3n) is 4.00. The fourth-order valence-electron chi connectivity index (χ4n) is 2.59. The molecule has 1 aliphatic rings. The lowest BCUT2D eigenvalue weighted by Gasteiger charge is -2.14. The highest BCUT2D eigenvalue weighted by atomic mass is 32.2. The minimum absolute atomic E-state index is 0.00777. The quantitative estimate of drug-likeness (QED) is 0.831. The van der Waals surface area contributed by atoms with Gasteiger partial charge in [0.15, 0.2) is 0 Å². The van der Waals surface area contributed by atoms with Gasteiger partial charge in [-0.1, -0.05) is 13.8 Å². The van der Waals surface area contributed by atoms with Crippen LogP contribution in [0, 0.1) is 0 Å². The van der Waals surface area contributed by atoms with Gasteiger partial charge in [-0.2, -0.15) is 0 Å². The number of carbonyl (C=O) groups excluding carboxylic acids is 1. The van der Waals surface area contributed by atoms with Crippen molar-refractivity contribution in [2.24, 2.45) is 0 Å². The normalized spacial score (nSPS) is 15.9. The van der Waals surface area contributed by atoms with Gasteiger partial charge in [0.05, 0.1) is 22.6 Å². The van der Waals surface area contributed by atoms with E-state index in [9.17, 15) is 9.00 Å². The van der Waals surface area contributed by atoms with E-state index in [0.717, 1.165) is 31.7 Å². The van der Waals surface area contributed by atoms with Crippen molar-refractivity contribution in [1.82, 2.24) is 14.9 Å². The van der Waals surface area contributed by atoms with Gasteiger partial charge in [0.25, 0.3) is 5.91 Å². The molecule has 2 aromatic heterocycles. The van der Waals surface area contributed by atoms with E-state index in [2.05, 4.69) is 9.97 Å². The molecular weight excluding hydrogens is 326 g/mol. The summed E-state index contributed by atoms with van der Waals surface area (Å²) in [6, 6.07) is 3.34. The second-order valence-electron chi connectivity index (χ2n) is 6.19. The fraction of sp³-hybridized carbons (Fsp3) is 0.471. The Hall–Kier alpha value is -2.02. The summed E-state index contributed by atoms with van der Waals surface area (Å²) < 4.78 is 18.0. The molecule has 3 heterocycles. The average Bonchev–Trinajstić information content (AvgIpc) is 3.26. The van der Waals surface area contributed by atoms with E-state index < -0.39 is 10.8 Å². The first-order chi connectivity index (χ1) is 11.5. The highest BCUT2D eigenvalue weighted by Crippen LogP contribution is 2.18. The Kier molecular flexibility index (Phi) is 5.08. The molecule has 1 saturated heterocycles. The Morgan fingerprint density at radius 1 is 1.25 bits per heavy atom. The van der Waals surface area contributed by atoms with Gasteiger partial charge in [-0.25, -0.2) is 9.97 Å². The van der Waals surface area contributed by atoms with Gasteiger partial charge in [0.2, 0.25) is 5.89 Å². The minimum atomic E-state index is -1.35. The van der Waals surface area contributed by atoms with Gasteiger partial charge in [0, 0.05) is 25.2 Å². The molecule has 6 nitrogen and oxygen atoms in total. The molecule has 1 aliphatic heterocycles. The Balaban J connectivity index is 1.65. The SMILES string of the molecule is CC(C)c1cnc(CS(=O)c2ccc(C(=O)N3CCCC3)cn2)o1. The first-order valence-electron chi connectivity index (χ1n) is 8.13. The molecule has 1 fully saturated rings. The third kappa shape index (κ3) is 3.72. The number of nitrogens with zero attached hydrogens (tertiary/aromatic N) is 3. The summed E-state index contributed by atoms with van der Waals surface area (Å²) in [4.78, 5) is 22.4. The Labute approximate surface area is 143 Å². The van der Waals surface area contributed by atoms with E-state index in [1.165, 1.54) is 6.20 Å². The van der Waals surface area contributed by atoms with E-state index >= 15 is 0 Å². The van der Waals surface area contributed by atoms with Crippen molar-refractivity contribution in [1.29, 1.82) is 0 Å². The van der Waals surface area contributed by atoms with Crippen LogP contribution in [0.5, 0.6) is 0 Å². The van der Waals surface area contributed by atoms with Crippen LogP contribution in [0.4, 0.5) is 0 Å². The number of oxazole rings is 1. The van der Waals surface area contributed by atoms with E-state index in [-0.39, 0.29) is 17.6 Å². The number of aromatic nitrogens is 2. The Bertz CT molecular complexity index is 734. The fourth-order valence-corrected chi connectivity index (χ4v) is 3.48. The minimum Gasteiger partial charge on any atom is -0.444 e. The van der Waals surface area contributed by atoms with Gasteiger partial charge < -0.3 is 9.32 Å². The standard InChI is InChI=1S/C17H21N3O3S/c1-12(2)14-10-18-15(23-14)11-24(22)16-6-5-13(9-19-16)17(21)20-7-3-4-8-20/h5-6,9-10,12H,3-4,7-8,11H2,1-2H3.